The lowest BCUT2D eigenvalue weighted by atomic mass is 9.95. The molecule has 1 rings (SSSR count). The highest BCUT2D eigenvalue weighted by Crippen LogP contribution is 2.19. The van der Waals surface area contributed by atoms with Gasteiger partial charge in [0.1, 0.15) is 0 Å². The van der Waals surface area contributed by atoms with Gasteiger partial charge in [-0.25, -0.2) is 0 Å². The van der Waals surface area contributed by atoms with Gasteiger partial charge in [-0.2, -0.15) is 0 Å². The van der Waals surface area contributed by atoms with Gasteiger partial charge in [-0.15, -0.1) is 0 Å². The first-order chi connectivity index (χ1) is 6.99. The number of allylic oxidation sites excluding steroid dienone is 2. The average molecular weight is 226 g/mol. The van der Waals surface area contributed by atoms with E-state index in [4.69, 9.17) is 4.74 Å². The van der Waals surface area contributed by atoms with Crippen molar-refractivity contribution in [2.45, 2.75) is 44.9 Å². The van der Waals surface area contributed by atoms with Gasteiger partial charge in [-0.3, -0.25) is 4.79 Å². The van der Waals surface area contributed by atoms with E-state index in [0.29, 0.717) is 6.61 Å². The van der Waals surface area contributed by atoms with Crippen molar-refractivity contribution in [2.24, 2.45) is 5.92 Å². The molecule has 0 N–H and O–H groups in total. The van der Waals surface area contributed by atoms with E-state index in [9.17, 15) is 4.79 Å². The molecule has 0 aromatic heterocycles. The minimum Gasteiger partial charge on any atom is -0.466 e. The maximum Gasteiger partial charge on any atom is 0.309 e. The summed E-state index contributed by atoms with van der Waals surface area (Å²) in [5, 5.41) is 0. The second-order valence-corrected chi connectivity index (χ2v) is 11.1. The first-order valence-corrected chi connectivity index (χ1v) is 9.51. The van der Waals surface area contributed by atoms with Crippen LogP contribution in [0.4, 0.5) is 0 Å². The molecule has 0 saturated heterocycles. The molecule has 0 saturated carbocycles. The molecule has 0 bridgehead atoms. The van der Waals surface area contributed by atoms with Crippen molar-refractivity contribution in [3.63, 3.8) is 0 Å². The Morgan fingerprint density at radius 1 is 1.40 bits per heavy atom. The van der Waals surface area contributed by atoms with Gasteiger partial charge in [0, 0.05) is 8.07 Å². The summed E-state index contributed by atoms with van der Waals surface area (Å²) in [6.07, 6.45) is 7.08. The van der Waals surface area contributed by atoms with Crippen LogP contribution in [0, 0.1) is 5.92 Å². The van der Waals surface area contributed by atoms with E-state index in [2.05, 4.69) is 31.8 Å². The zero-order chi connectivity index (χ0) is 11.3. The Morgan fingerprint density at radius 3 is 2.67 bits per heavy atom. The maximum atomic E-state index is 11.6. The molecule has 0 radical (unpaired) electrons. The van der Waals surface area contributed by atoms with Crippen molar-refractivity contribution < 1.29 is 9.53 Å². The molecule has 1 atom stereocenters. The first-order valence-electron chi connectivity index (χ1n) is 5.81. The summed E-state index contributed by atoms with van der Waals surface area (Å²) in [7, 11) is -1.06. The van der Waals surface area contributed by atoms with Crippen molar-refractivity contribution in [1.29, 1.82) is 0 Å². The number of hydrogen-bond acceptors (Lipinski definition) is 2. The van der Waals surface area contributed by atoms with Crippen molar-refractivity contribution in [3.8, 4) is 0 Å². The number of carbonyl (C=O) groups is 1. The lowest BCUT2D eigenvalue weighted by Gasteiger charge is -2.19. The molecule has 2 nitrogen and oxygen atoms in total. The summed E-state index contributed by atoms with van der Waals surface area (Å²) in [5.74, 6) is 0.134. The van der Waals surface area contributed by atoms with Crippen LogP contribution in [0.1, 0.15) is 19.3 Å². The van der Waals surface area contributed by atoms with Crippen LogP contribution in [0.5, 0.6) is 0 Å². The number of esters is 1. The van der Waals surface area contributed by atoms with Gasteiger partial charge in [0.25, 0.3) is 0 Å². The summed E-state index contributed by atoms with van der Waals surface area (Å²) in [6, 6.07) is 1.07. The Hall–Kier alpha value is -0.573. The molecule has 0 spiro atoms. The summed E-state index contributed by atoms with van der Waals surface area (Å²) < 4.78 is 5.32. The van der Waals surface area contributed by atoms with Crippen LogP contribution in [0.2, 0.25) is 25.7 Å². The van der Waals surface area contributed by atoms with E-state index in [-0.39, 0.29) is 11.9 Å². The number of hydrogen-bond donors (Lipinski definition) is 0. The van der Waals surface area contributed by atoms with E-state index in [1.54, 1.807) is 0 Å². The molecule has 0 aromatic rings. The van der Waals surface area contributed by atoms with Crippen molar-refractivity contribution in [2.75, 3.05) is 6.61 Å². The fourth-order valence-corrected chi connectivity index (χ4v) is 2.30. The van der Waals surface area contributed by atoms with Gasteiger partial charge in [-0.1, -0.05) is 31.8 Å². The van der Waals surface area contributed by atoms with Crippen LogP contribution in [-0.2, 0) is 9.53 Å². The van der Waals surface area contributed by atoms with E-state index < -0.39 is 8.07 Å². The molecular formula is C12H22O2Si. The Labute approximate surface area is 93.7 Å². The van der Waals surface area contributed by atoms with Crippen molar-refractivity contribution in [1.82, 2.24) is 0 Å². The molecule has 1 aliphatic rings. The summed E-state index contributed by atoms with van der Waals surface area (Å²) >= 11 is 0. The quantitative estimate of drug-likeness (QED) is 0.418. The highest BCUT2D eigenvalue weighted by molar-refractivity contribution is 6.76. The molecule has 1 aliphatic carbocycles. The minimum absolute atomic E-state index is 0.0117. The van der Waals surface area contributed by atoms with Crippen LogP contribution < -0.4 is 0 Å². The van der Waals surface area contributed by atoms with Crippen LogP contribution in [0.3, 0.4) is 0 Å². The van der Waals surface area contributed by atoms with Gasteiger partial charge in [0.05, 0.1) is 12.5 Å². The average Bonchev–Trinajstić information content (AvgIpc) is 2.17. The predicted octanol–water partition coefficient (Wildman–Crippen LogP) is 3.22. The smallest absolute Gasteiger partial charge is 0.309 e. The second kappa shape index (κ2) is 5.49. The third kappa shape index (κ3) is 5.16. The highest BCUT2D eigenvalue weighted by atomic mass is 28.3. The van der Waals surface area contributed by atoms with Crippen molar-refractivity contribution >= 4 is 14.0 Å². The van der Waals surface area contributed by atoms with Crippen LogP contribution in [-0.4, -0.2) is 20.7 Å². The largest absolute Gasteiger partial charge is 0.466 e. The van der Waals surface area contributed by atoms with Gasteiger partial charge >= 0.3 is 5.97 Å². The third-order valence-corrected chi connectivity index (χ3v) is 4.40. The van der Waals surface area contributed by atoms with Crippen LogP contribution in [0.15, 0.2) is 12.2 Å². The number of rotatable bonds is 4. The zero-order valence-corrected chi connectivity index (χ0v) is 11.1. The van der Waals surface area contributed by atoms with Gasteiger partial charge in [0.2, 0.25) is 0 Å². The molecule has 0 heterocycles. The molecule has 1 unspecified atom stereocenters. The van der Waals surface area contributed by atoms with Gasteiger partial charge < -0.3 is 4.74 Å². The second-order valence-electron chi connectivity index (χ2n) is 5.46. The first kappa shape index (κ1) is 12.5. The molecular weight excluding hydrogens is 204 g/mol. The zero-order valence-electron chi connectivity index (χ0n) is 10.1. The van der Waals surface area contributed by atoms with E-state index in [1.165, 1.54) is 0 Å². The van der Waals surface area contributed by atoms with Gasteiger partial charge in [-0.05, 0) is 25.3 Å². The Balaban J connectivity index is 2.21. The lowest BCUT2D eigenvalue weighted by molar-refractivity contribution is -0.148. The maximum absolute atomic E-state index is 11.6. The third-order valence-electron chi connectivity index (χ3n) is 2.70. The fourth-order valence-electron chi connectivity index (χ4n) is 1.58. The number of ether oxygens (including phenoxy) is 1. The van der Waals surface area contributed by atoms with E-state index in [1.807, 2.05) is 0 Å². The summed E-state index contributed by atoms with van der Waals surface area (Å²) in [5.41, 5.74) is 0. The molecule has 0 aliphatic heterocycles. The van der Waals surface area contributed by atoms with Gasteiger partial charge in [0.15, 0.2) is 0 Å². The summed E-state index contributed by atoms with van der Waals surface area (Å²) in [6.45, 7) is 7.51. The number of carbonyl (C=O) groups excluding carboxylic acids is 1. The van der Waals surface area contributed by atoms with Crippen LogP contribution >= 0.6 is 0 Å². The Bertz CT molecular complexity index is 240. The summed E-state index contributed by atoms with van der Waals surface area (Å²) in [4.78, 5) is 11.6. The Kier molecular flexibility index (Phi) is 4.58. The monoisotopic (exact) mass is 226 g/mol. The van der Waals surface area contributed by atoms with Crippen LogP contribution in [0.25, 0.3) is 0 Å². The molecule has 0 aromatic carbocycles. The lowest BCUT2D eigenvalue weighted by Crippen LogP contribution is -2.25. The molecule has 0 amide bonds. The highest BCUT2D eigenvalue weighted by Gasteiger charge is 2.21. The minimum atomic E-state index is -1.06. The molecule has 3 heteroatoms. The molecule has 15 heavy (non-hydrogen) atoms. The van der Waals surface area contributed by atoms with E-state index in [0.717, 1.165) is 25.3 Å². The molecule has 0 fully saturated rings. The molecule has 86 valence electrons. The SMILES string of the molecule is C[Si](C)(C)CCOC(=O)C1CC=CCC1. The fraction of sp³-hybridized carbons (Fsp3) is 0.750. The standard InChI is InChI=1S/C12H22O2Si/c1-15(2,3)10-9-14-12(13)11-7-5-4-6-8-11/h4-5,11H,6-10H2,1-3H3. The van der Waals surface area contributed by atoms with E-state index >= 15 is 0 Å². The van der Waals surface area contributed by atoms with Crippen molar-refractivity contribution in [3.05, 3.63) is 12.2 Å². The topological polar surface area (TPSA) is 26.3 Å². The normalized spacial score (nSPS) is 21.4. The predicted molar refractivity (Wildman–Crippen MR) is 65.6 cm³/mol. The Morgan fingerprint density at radius 2 is 2.13 bits per heavy atom.